The van der Waals surface area contributed by atoms with E-state index < -0.39 is 0 Å². The van der Waals surface area contributed by atoms with Crippen molar-refractivity contribution >= 4 is 28.1 Å². The van der Waals surface area contributed by atoms with Gasteiger partial charge in [-0.15, -0.1) is 21.5 Å². The summed E-state index contributed by atoms with van der Waals surface area (Å²) in [7, 11) is 0. The van der Waals surface area contributed by atoms with Gasteiger partial charge in [-0.2, -0.15) is 0 Å². The molecule has 0 fully saturated rings. The number of aromatic nitrogens is 5. The number of thiazole rings is 1. The first-order chi connectivity index (χ1) is 11.1. The molecule has 2 N–H and O–H groups in total. The van der Waals surface area contributed by atoms with Crippen LogP contribution in [0.25, 0.3) is 4.96 Å². The largest absolute Gasteiger partial charge is 0.336 e. The second-order valence-electron chi connectivity index (χ2n) is 5.57. The van der Waals surface area contributed by atoms with Gasteiger partial charge in [0.2, 0.25) is 5.16 Å². The lowest BCUT2D eigenvalue weighted by molar-refractivity contribution is 0.670. The van der Waals surface area contributed by atoms with Crippen molar-refractivity contribution in [2.24, 2.45) is 0 Å². The number of nitrogens with zero attached hydrogens (tertiary/aromatic N) is 5. The van der Waals surface area contributed by atoms with Gasteiger partial charge in [-0.3, -0.25) is 9.20 Å². The van der Waals surface area contributed by atoms with E-state index in [2.05, 4.69) is 15.2 Å². The Bertz CT molecular complexity index is 941. The molecule has 0 saturated carbocycles. The highest BCUT2D eigenvalue weighted by Crippen LogP contribution is 2.28. The normalized spacial score (nSPS) is 14.3. The number of thioether (sulfide) groups is 1. The average molecular weight is 348 g/mol. The molecule has 4 rings (SSSR count). The zero-order valence-electron chi connectivity index (χ0n) is 12.7. The summed E-state index contributed by atoms with van der Waals surface area (Å²) in [5, 5.41) is 8.55. The summed E-state index contributed by atoms with van der Waals surface area (Å²) < 4.78 is 3.23. The molecule has 0 unspecified atom stereocenters. The molecule has 23 heavy (non-hydrogen) atoms. The van der Waals surface area contributed by atoms with Crippen LogP contribution in [0, 0.1) is 6.92 Å². The third-order valence-electron chi connectivity index (χ3n) is 4.00. The third-order valence-corrected chi connectivity index (χ3v) is 6.12. The smallest absolute Gasteiger partial charge is 0.259 e. The molecular weight excluding hydrogens is 332 g/mol. The summed E-state index contributed by atoms with van der Waals surface area (Å²) in [4.78, 5) is 19.2. The first kappa shape index (κ1) is 14.7. The predicted octanol–water partition coefficient (Wildman–Crippen LogP) is 1.54. The molecule has 1 aliphatic rings. The highest BCUT2D eigenvalue weighted by Gasteiger charge is 2.18. The lowest BCUT2D eigenvalue weighted by atomic mass is 10.0. The van der Waals surface area contributed by atoms with Crippen molar-refractivity contribution in [1.29, 1.82) is 0 Å². The zero-order chi connectivity index (χ0) is 16.0. The topological polar surface area (TPSA) is 91.1 Å². The van der Waals surface area contributed by atoms with Gasteiger partial charge in [0.1, 0.15) is 5.82 Å². The number of aryl methyl sites for hydroxylation is 3. The van der Waals surface area contributed by atoms with Gasteiger partial charge in [-0.1, -0.05) is 11.8 Å². The second kappa shape index (κ2) is 5.64. The number of nitrogens with two attached hydrogens (primary N) is 1. The van der Waals surface area contributed by atoms with Gasteiger partial charge in [-0.05, 0) is 32.6 Å². The summed E-state index contributed by atoms with van der Waals surface area (Å²) in [6.07, 6.45) is 4.38. The number of fused-ring (bicyclic) bond motifs is 3. The number of rotatable bonds is 3. The van der Waals surface area contributed by atoms with Crippen molar-refractivity contribution in [3.05, 3.63) is 38.5 Å². The summed E-state index contributed by atoms with van der Waals surface area (Å²) in [6.45, 7) is 1.80. The third kappa shape index (κ3) is 2.53. The molecule has 0 spiro atoms. The fourth-order valence-electron chi connectivity index (χ4n) is 2.80. The van der Waals surface area contributed by atoms with E-state index in [-0.39, 0.29) is 5.56 Å². The summed E-state index contributed by atoms with van der Waals surface area (Å²) in [6, 6.07) is 1.62. The van der Waals surface area contributed by atoms with E-state index in [0.717, 1.165) is 35.6 Å². The molecule has 0 radical (unpaired) electrons. The first-order valence-electron chi connectivity index (χ1n) is 7.46. The molecule has 120 valence electrons. The standard InChI is InChI=1S/C14H16N6OS2/c1-8-17-18-14(20(8)15)22-7-9-6-12(21)19-10-4-2-3-5-11(10)23-13(19)16-9/h6H,2-5,7,15H2,1H3. The van der Waals surface area contributed by atoms with Crippen LogP contribution in [0.3, 0.4) is 0 Å². The van der Waals surface area contributed by atoms with Crippen molar-refractivity contribution in [2.75, 3.05) is 5.84 Å². The number of hydrogen-bond donors (Lipinski definition) is 1. The predicted molar refractivity (Wildman–Crippen MR) is 90.5 cm³/mol. The molecule has 9 heteroatoms. The Morgan fingerprint density at radius 2 is 2.17 bits per heavy atom. The molecule has 0 aliphatic heterocycles. The fraction of sp³-hybridized carbons (Fsp3) is 0.429. The van der Waals surface area contributed by atoms with Crippen LogP contribution in [0.4, 0.5) is 0 Å². The molecule has 3 heterocycles. The van der Waals surface area contributed by atoms with Crippen LogP contribution in [0.2, 0.25) is 0 Å². The van der Waals surface area contributed by atoms with E-state index in [4.69, 9.17) is 5.84 Å². The van der Waals surface area contributed by atoms with Crippen molar-refractivity contribution in [2.45, 2.75) is 43.5 Å². The number of nitrogen functional groups attached to an aromatic ring is 1. The first-order valence-corrected chi connectivity index (χ1v) is 9.27. The minimum atomic E-state index is 0.00963. The fourth-order valence-corrected chi connectivity index (χ4v) is 4.83. The lowest BCUT2D eigenvalue weighted by Crippen LogP contribution is -2.18. The van der Waals surface area contributed by atoms with Gasteiger partial charge in [0.05, 0.1) is 5.69 Å². The van der Waals surface area contributed by atoms with Crippen molar-refractivity contribution < 1.29 is 0 Å². The Hall–Kier alpha value is -1.87. The molecule has 0 bridgehead atoms. The highest BCUT2D eigenvalue weighted by atomic mass is 32.2. The van der Waals surface area contributed by atoms with E-state index >= 15 is 0 Å². The van der Waals surface area contributed by atoms with E-state index in [9.17, 15) is 4.79 Å². The number of hydrogen-bond acceptors (Lipinski definition) is 7. The molecule has 7 nitrogen and oxygen atoms in total. The Morgan fingerprint density at radius 1 is 1.35 bits per heavy atom. The van der Waals surface area contributed by atoms with E-state index in [1.54, 1.807) is 28.7 Å². The SMILES string of the molecule is Cc1nnc(SCc2cc(=O)n3c4c(sc3n2)CCCC4)n1N. The van der Waals surface area contributed by atoms with Gasteiger partial charge in [0.25, 0.3) is 5.56 Å². The van der Waals surface area contributed by atoms with E-state index in [1.165, 1.54) is 27.7 Å². The Morgan fingerprint density at radius 3 is 2.96 bits per heavy atom. The van der Waals surface area contributed by atoms with Gasteiger partial charge < -0.3 is 5.84 Å². The minimum absolute atomic E-state index is 0.00963. The van der Waals surface area contributed by atoms with Crippen LogP contribution in [-0.2, 0) is 18.6 Å². The molecule has 0 aromatic carbocycles. The van der Waals surface area contributed by atoms with Crippen molar-refractivity contribution in [3.8, 4) is 0 Å². The maximum Gasteiger partial charge on any atom is 0.259 e. The second-order valence-corrected chi connectivity index (χ2v) is 7.58. The Balaban J connectivity index is 1.66. The van der Waals surface area contributed by atoms with Crippen molar-refractivity contribution in [1.82, 2.24) is 24.3 Å². The molecule has 1 aliphatic carbocycles. The molecule has 0 atom stereocenters. The molecule has 0 saturated heterocycles. The summed E-state index contributed by atoms with van der Waals surface area (Å²) in [5.74, 6) is 7.04. The van der Waals surface area contributed by atoms with Gasteiger partial charge in [0, 0.05) is 22.4 Å². The van der Waals surface area contributed by atoms with Crippen LogP contribution in [0.1, 0.15) is 34.9 Å². The highest BCUT2D eigenvalue weighted by molar-refractivity contribution is 7.98. The van der Waals surface area contributed by atoms with E-state index in [0.29, 0.717) is 16.7 Å². The Kier molecular flexibility index (Phi) is 3.61. The Labute approximate surface area is 140 Å². The van der Waals surface area contributed by atoms with Crippen LogP contribution in [0.5, 0.6) is 0 Å². The quantitative estimate of drug-likeness (QED) is 0.570. The maximum absolute atomic E-state index is 12.5. The van der Waals surface area contributed by atoms with Crippen LogP contribution < -0.4 is 11.4 Å². The van der Waals surface area contributed by atoms with Gasteiger partial charge >= 0.3 is 0 Å². The molecular formula is C14H16N6OS2. The van der Waals surface area contributed by atoms with Crippen molar-refractivity contribution in [3.63, 3.8) is 0 Å². The average Bonchev–Trinajstić information content (AvgIpc) is 3.07. The zero-order valence-corrected chi connectivity index (χ0v) is 14.3. The molecule has 0 amide bonds. The molecule has 3 aromatic heterocycles. The summed E-state index contributed by atoms with van der Waals surface area (Å²) in [5.41, 5.74) is 1.92. The monoisotopic (exact) mass is 348 g/mol. The van der Waals surface area contributed by atoms with Crippen LogP contribution in [0.15, 0.2) is 16.0 Å². The minimum Gasteiger partial charge on any atom is -0.336 e. The van der Waals surface area contributed by atoms with Gasteiger partial charge in [-0.25, -0.2) is 9.66 Å². The maximum atomic E-state index is 12.5. The van der Waals surface area contributed by atoms with E-state index in [1.807, 2.05) is 0 Å². The van der Waals surface area contributed by atoms with Gasteiger partial charge in [0.15, 0.2) is 4.96 Å². The molecule has 3 aromatic rings. The summed E-state index contributed by atoms with van der Waals surface area (Å²) >= 11 is 3.07. The van der Waals surface area contributed by atoms with Crippen LogP contribution in [-0.4, -0.2) is 24.3 Å². The van der Waals surface area contributed by atoms with Crippen LogP contribution >= 0.6 is 23.1 Å². The lowest BCUT2D eigenvalue weighted by Gasteiger charge is -2.10.